The van der Waals surface area contributed by atoms with Crippen molar-refractivity contribution in [2.75, 3.05) is 0 Å². The van der Waals surface area contributed by atoms with Crippen LogP contribution in [0.3, 0.4) is 0 Å². The molecule has 1 aromatic heterocycles. The minimum Gasteiger partial charge on any atom is -0.477 e. The number of carboxylic acid groups (broad SMARTS) is 1. The zero-order valence-electron chi connectivity index (χ0n) is 16.0. The van der Waals surface area contributed by atoms with E-state index in [1.165, 1.54) is 47.0 Å². The monoisotopic (exact) mass is 439 g/mol. The van der Waals surface area contributed by atoms with Crippen LogP contribution in [0.2, 0.25) is 5.02 Å². The average Bonchev–Trinajstić information content (AvgIpc) is 2.73. The molecule has 0 aliphatic carbocycles. The zero-order chi connectivity index (χ0) is 22.7. The van der Waals surface area contributed by atoms with Gasteiger partial charge in [0.15, 0.2) is 0 Å². The molecule has 2 aromatic carbocycles. The summed E-state index contributed by atoms with van der Waals surface area (Å²) in [7, 11) is 0. The Morgan fingerprint density at radius 1 is 1.26 bits per heavy atom. The number of nitrogens with zero attached hydrogens (tertiary/aromatic N) is 3. The number of nitriles is 1. The summed E-state index contributed by atoms with van der Waals surface area (Å²) in [5, 5.41) is 29.7. The van der Waals surface area contributed by atoms with Gasteiger partial charge < -0.3 is 14.4 Å². The van der Waals surface area contributed by atoms with E-state index in [1.807, 2.05) is 6.07 Å². The van der Waals surface area contributed by atoms with Crippen molar-refractivity contribution >= 4 is 23.3 Å². The summed E-state index contributed by atoms with van der Waals surface area (Å²) in [6, 6.07) is 12.5. The Bertz CT molecular complexity index is 1290. The smallest absolute Gasteiger partial charge is 0.341 e. The Hall–Kier alpha value is -4.16. The summed E-state index contributed by atoms with van der Waals surface area (Å²) in [6.45, 7) is 1.96. The number of rotatable bonds is 6. The van der Waals surface area contributed by atoms with Gasteiger partial charge in [0, 0.05) is 30.3 Å². The van der Waals surface area contributed by atoms with Crippen LogP contribution in [-0.2, 0) is 6.54 Å². The summed E-state index contributed by atoms with van der Waals surface area (Å²) in [5.41, 5.74) is -0.816. The molecule has 31 heavy (non-hydrogen) atoms. The first-order valence-corrected chi connectivity index (χ1v) is 9.28. The minimum absolute atomic E-state index is 0.0434. The summed E-state index contributed by atoms with van der Waals surface area (Å²) in [4.78, 5) is 34.8. The molecular weight excluding hydrogens is 426 g/mol. The maximum Gasteiger partial charge on any atom is 0.341 e. The van der Waals surface area contributed by atoms with Gasteiger partial charge in [-0.15, -0.1) is 0 Å². The second-order valence-electron chi connectivity index (χ2n) is 6.28. The largest absolute Gasteiger partial charge is 0.477 e. The third kappa shape index (κ3) is 4.24. The number of carboxylic acids is 1. The molecule has 0 aliphatic rings. The highest BCUT2D eigenvalue weighted by molar-refractivity contribution is 6.32. The van der Waals surface area contributed by atoms with E-state index in [1.54, 1.807) is 6.92 Å². The van der Waals surface area contributed by atoms with Crippen LogP contribution in [0.25, 0.3) is 11.3 Å². The molecule has 10 heteroatoms. The Morgan fingerprint density at radius 3 is 2.45 bits per heavy atom. The topological polar surface area (TPSA) is 135 Å². The van der Waals surface area contributed by atoms with Crippen LogP contribution >= 0.6 is 11.6 Å². The molecule has 0 spiro atoms. The molecule has 0 bridgehead atoms. The highest BCUT2D eigenvalue weighted by atomic mass is 35.5. The van der Waals surface area contributed by atoms with Crippen LogP contribution in [-0.4, -0.2) is 20.6 Å². The van der Waals surface area contributed by atoms with Gasteiger partial charge in [-0.05, 0) is 31.2 Å². The first-order chi connectivity index (χ1) is 14.8. The number of aromatic carboxylic acids is 1. The van der Waals surface area contributed by atoms with Crippen LogP contribution in [0.4, 0.5) is 5.69 Å². The molecule has 1 N–H and O–H groups in total. The zero-order valence-corrected chi connectivity index (χ0v) is 16.8. The molecule has 0 amide bonds. The van der Waals surface area contributed by atoms with Crippen molar-refractivity contribution in [1.29, 1.82) is 5.26 Å². The maximum absolute atomic E-state index is 12.6. The standard InChI is InChI=1S/C21H14ClN3O6/c1-2-24-18(31-15-7-5-14(6-8-15)25(29)30)10-17(26)19(21(27)28)20(24)12-3-4-13(11-23)16(22)9-12/h3-10H,2H2,1H3,(H,27,28). The summed E-state index contributed by atoms with van der Waals surface area (Å²) >= 11 is 6.11. The first kappa shape index (κ1) is 21.5. The van der Waals surface area contributed by atoms with E-state index in [9.17, 15) is 24.8 Å². The van der Waals surface area contributed by atoms with Crippen molar-refractivity contribution in [1.82, 2.24) is 4.57 Å². The second-order valence-corrected chi connectivity index (χ2v) is 6.69. The minimum atomic E-state index is -1.43. The van der Waals surface area contributed by atoms with E-state index in [0.717, 1.165) is 6.07 Å². The van der Waals surface area contributed by atoms with Crippen molar-refractivity contribution in [3.63, 3.8) is 0 Å². The Morgan fingerprint density at radius 2 is 1.94 bits per heavy atom. The molecule has 0 radical (unpaired) electrons. The van der Waals surface area contributed by atoms with Gasteiger partial charge in [0.05, 0.1) is 21.2 Å². The Kier molecular flexibility index (Phi) is 6.04. The Labute approximate surface area is 180 Å². The molecule has 0 unspecified atom stereocenters. The number of ether oxygens (including phenoxy) is 1. The van der Waals surface area contributed by atoms with Crippen LogP contribution in [0.5, 0.6) is 11.6 Å². The van der Waals surface area contributed by atoms with Crippen molar-refractivity contribution in [2.45, 2.75) is 13.5 Å². The molecule has 0 saturated heterocycles. The van der Waals surface area contributed by atoms with Crippen molar-refractivity contribution in [3.05, 3.63) is 85.0 Å². The van der Waals surface area contributed by atoms with E-state index < -0.39 is 21.9 Å². The SMILES string of the molecule is CCn1c(Oc2ccc([N+](=O)[O-])cc2)cc(=O)c(C(=O)O)c1-c1ccc(C#N)c(Cl)c1. The van der Waals surface area contributed by atoms with Gasteiger partial charge in [-0.1, -0.05) is 17.7 Å². The molecule has 3 aromatic rings. The lowest BCUT2D eigenvalue weighted by Crippen LogP contribution is -2.21. The van der Waals surface area contributed by atoms with Crippen LogP contribution in [0.1, 0.15) is 22.8 Å². The number of aromatic nitrogens is 1. The number of non-ortho nitro benzene ring substituents is 1. The summed E-state index contributed by atoms with van der Waals surface area (Å²) < 4.78 is 7.23. The number of benzene rings is 2. The number of hydrogen-bond donors (Lipinski definition) is 1. The van der Waals surface area contributed by atoms with Crippen molar-refractivity contribution in [3.8, 4) is 29.0 Å². The third-order valence-corrected chi connectivity index (χ3v) is 4.75. The fraction of sp³-hybridized carbons (Fsp3) is 0.0952. The molecule has 156 valence electrons. The number of nitro groups is 1. The number of carbonyl (C=O) groups is 1. The first-order valence-electron chi connectivity index (χ1n) is 8.90. The van der Waals surface area contributed by atoms with Gasteiger partial charge in [-0.2, -0.15) is 5.26 Å². The predicted octanol–water partition coefficient (Wildman–Crippen LogP) is 4.46. The van der Waals surface area contributed by atoms with Gasteiger partial charge in [-0.25, -0.2) is 4.79 Å². The lowest BCUT2D eigenvalue weighted by molar-refractivity contribution is -0.384. The number of halogens is 1. The second kappa shape index (κ2) is 8.69. The lowest BCUT2D eigenvalue weighted by Gasteiger charge is -2.19. The van der Waals surface area contributed by atoms with Crippen LogP contribution < -0.4 is 10.2 Å². The molecule has 0 atom stereocenters. The quantitative estimate of drug-likeness (QED) is 0.442. The van der Waals surface area contributed by atoms with Crippen LogP contribution in [0, 0.1) is 21.4 Å². The normalized spacial score (nSPS) is 10.4. The highest BCUT2D eigenvalue weighted by Crippen LogP contribution is 2.32. The third-order valence-electron chi connectivity index (χ3n) is 4.44. The molecule has 0 saturated carbocycles. The van der Waals surface area contributed by atoms with Crippen molar-refractivity contribution in [2.24, 2.45) is 0 Å². The molecule has 9 nitrogen and oxygen atoms in total. The molecule has 1 heterocycles. The van der Waals surface area contributed by atoms with Gasteiger partial charge in [0.2, 0.25) is 11.3 Å². The Balaban J connectivity index is 2.22. The fourth-order valence-corrected chi connectivity index (χ4v) is 3.26. The predicted molar refractivity (Wildman–Crippen MR) is 112 cm³/mol. The van der Waals surface area contributed by atoms with E-state index in [4.69, 9.17) is 21.6 Å². The highest BCUT2D eigenvalue weighted by Gasteiger charge is 2.23. The van der Waals surface area contributed by atoms with E-state index in [-0.39, 0.29) is 40.1 Å². The van der Waals surface area contributed by atoms with Gasteiger partial charge >= 0.3 is 5.97 Å². The van der Waals surface area contributed by atoms with E-state index in [2.05, 4.69) is 0 Å². The summed E-state index contributed by atoms with van der Waals surface area (Å²) in [6.07, 6.45) is 0. The van der Waals surface area contributed by atoms with Crippen LogP contribution in [0.15, 0.2) is 53.3 Å². The number of hydrogen-bond acceptors (Lipinski definition) is 6. The average molecular weight is 440 g/mol. The lowest BCUT2D eigenvalue weighted by atomic mass is 10.0. The van der Waals surface area contributed by atoms with Gasteiger partial charge in [-0.3, -0.25) is 14.9 Å². The maximum atomic E-state index is 12.6. The molecule has 0 aliphatic heterocycles. The fourth-order valence-electron chi connectivity index (χ4n) is 3.04. The van der Waals surface area contributed by atoms with Gasteiger partial charge in [0.1, 0.15) is 17.4 Å². The number of pyridine rings is 1. The van der Waals surface area contributed by atoms with E-state index in [0.29, 0.717) is 5.56 Å². The van der Waals surface area contributed by atoms with Gasteiger partial charge in [0.25, 0.3) is 5.69 Å². The molecular formula is C21H14ClN3O6. The molecule has 0 fully saturated rings. The summed E-state index contributed by atoms with van der Waals surface area (Å²) in [5.74, 6) is -1.16. The van der Waals surface area contributed by atoms with E-state index >= 15 is 0 Å². The van der Waals surface area contributed by atoms with Crippen molar-refractivity contribution < 1.29 is 19.6 Å². The molecule has 3 rings (SSSR count). The number of nitro benzene ring substituents is 1.